The van der Waals surface area contributed by atoms with Crippen molar-refractivity contribution >= 4 is 50.9 Å². The summed E-state index contributed by atoms with van der Waals surface area (Å²) in [5.41, 5.74) is -0.315. The van der Waals surface area contributed by atoms with Gasteiger partial charge in [-0.05, 0) is 46.3 Å². The van der Waals surface area contributed by atoms with Crippen LogP contribution < -0.4 is 5.32 Å². The summed E-state index contributed by atoms with van der Waals surface area (Å²) in [5.74, 6) is -2.96. The van der Waals surface area contributed by atoms with Crippen LogP contribution in [0.4, 0.5) is 14.5 Å². The van der Waals surface area contributed by atoms with Gasteiger partial charge in [0, 0.05) is 17.0 Å². The van der Waals surface area contributed by atoms with Gasteiger partial charge in [0.25, 0.3) is 5.91 Å². The number of amides is 1. The summed E-state index contributed by atoms with van der Waals surface area (Å²) >= 11 is 4.71. The van der Waals surface area contributed by atoms with Gasteiger partial charge in [0.05, 0.1) is 9.47 Å². The Kier molecular flexibility index (Phi) is 6.00. The van der Waals surface area contributed by atoms with Gasteiger partial charge in [0.1, 0.15) is 11.6 Å². The van der Waals surface area contributed by atoms with Gasteiger partial charge >= 0.3 is 5.97 Å². The first-order valence-electron chi connectivity index (χ1n) is 6.29. The fourth-order valence-electron chi connectivity index (χ4n) is 1.53. The van der Waals surface area contributed by atoms with Crippen molar-refractivity contribution in [3.63, 3.8) is 0 Å². The van der Waals surface area contributed by atoms with E-state index in [1.807, 2.05) is 6.07 Å². The van der Waals surface area contributed by atoms with Gasteiger partial charge in [-0.25, -0.2) is 13.6 Å². The van der Waals surface area contributed by atoms with Crippen molar-refractivity contribution in [3.8, 4) is 0 Å². The van der Waals surface area contributed by atoms with Crippen molar-refractivity contribution < 1.29 is 23.1 Å². The van der Waals surface area contributed by atoms with Gasteiger partial charge < -0.3 is 10.1 Å². The van der Waals surface area contributed by atoms with Crippen LogP contribution in [0.2, 0.25) is 0 Å². The molecular weight excluding hydrogens is 392 g/mol. The summed E-state index contributed by atoms with van der Waals surface area (Å²) in [4.78, 5) is 23.9. The molecule has 1 aromatic heterocycles. The molecular formula is C15H10BrF2NO3S. The number of thiophene rings is 1. The molecule has 1 amide bonds. The second kappa shape index (κ2) is 7.98. The number of halogens is 3. The van der Waals surface area contributed by atoms with E-state index in [4.69, 9.17) is 4.74 Å². The molecule has 0 radical (unpaired) electrons. The van der Waals surface area contributed by atoms with Gasteiger partial charge in [-0.1, -0.05) is 0 Å². The lowest BCUT2D eigenvalue weighted by Gasteiger charge is -2.06. The smallest absolute Gasteiger partial charge is 0.331 e. The molecule has 0 aliphatic heterocycles. The summed E-state index contributed by atoms with van der Waals surface area (Å²) in [5, 5.41) is 2.12. The normalized spacial score (nSPS) is 10.7. The number of hydrogen-bond acceptors (Lipinski definition) is 4. The van der Waals surface area contributed by atoms with Gasteiger partial charge in [-0.2, -0.15) is 0 Å². The molecule has 0 fully saturated rings. The molecule has 0 unspecified atom stereocenters. The minimum Gasteiger partial charge on any atom is -0.452 e. The predicted molar refractivity (Wildman–Crippen MR) is 87.0 cm³/mol. The van der Waals surface area contributed by atoms with Crippen molar-refractivity contribution in [1.29, 1.82) is 0 Å². The monoisotopic (exact) mass is 401 g/mol. The lowest BCUT2D eigenvalue weighted by Crippen LogP contribution is -2.20. The Morgan fingerprint density at radius 2 is 2.04 bits per heavy atom. The summed E-state index contributed by atoms with van der Waals surface area (Å²) in [6.07, 6.45) is 2.72. The molecule has 1 aromatic carbocycles. The van der Waals surface area contributed by atoms with Crippen molar-refractivity contribution in [2.75, 3.05) is 11.9 Å². The van der Waals surface area contributed by atoms with Gasteiger partial charge in [-0.3, -0.25) is 4.79 Å². The number of esters is 1. The number of carbonyl (C=O) groups is 2. The SMILES string of the molecule is O=C(COC(=O)/C=C/c1ccc(Br)s1)Nc1cc(F)ccc1F. The molecule has 1 N–H and O–H groups in total. The molecule has 0 aliphatic rings. The van der Waals surface area contributed by atoms with E-state index in [0.717, 1.165) is 26.9 Å². The van der Waals surface area contributed by atoms with Crippen LogP contribution in [0.25, 0.3) is 6.08 Å². The highest BCUT2D eigenvalue weighted by Gasteiger charge is 2.10. The fourth-order valence-corrected chi connectivity index (χ4v) is 2.86. The molecule has 23 heavy (non-hydrogen) atoms. The van der Waals surface area contributed by atoms with Crippen molar-refractivity contribution in [3.05, 3.63) is 56.7 Å². The van der Waals surface area contributed by atoms with Crippen molar-refractivity contribution in [2.24, 2.45) is 0 Å². The lowest BCUT2D eigenvalue weighted by atomic mass is 10.3. The number of ether oxygens (including phenoxy) is 1. The number of hydrogen-bond donors (Lipinski definition) is 1. The lowest BCUT2D eigenvalue weighted by molar-refractivity contribution is -0.142. The van der Waals surface area contributed by atoms with Gasteiger partial charge in [-0.15, -0.1) is 11.3 Å². The van der Waals surface area contributed by atoms with E-state index in [1.54, 1.807) is 12.1 Å². The number of carbonyl (C=O) groups excluding carboxylic acids is 2. The molecule has 0 saturated heterocycles. The second-order valence-corrected chi connectivity index (χ2v) is 6.75. The Morgan fingerprint density at radius 3 is 2.74 bits per heavy atom. The van der Waals surface area contributed by atoms with Crippen LogP contribution >= 0.6 is 27.3 Å². The standard InChI is InChI=1S/C15H10BrF2NO3S/c16-13-5-2-10(23-13)3-6-15(21)22-8-14(20)19-12-7-9(17)1-4-11(12)18/h1-7H,8H2,(H,19,20)/b6-3+. The molecule has 120 valence electrons. The van der Waals surface area contributed by atoms with Crippen molar-refractivity contribution in [1.82, 2.24) is 0 Å². The maximum Gasteiger partial charge on any atom is 0.331 e. The predicted octanol–water partition coefficient (Wildman–Crippen LogP) is 3.98. The van der Waals surface area contributed by atoms with E-state index in [1.165, 1.54) is 17.4 Å². The molecule has 0 saturated carbocycles. The van der Waals surface area contributed by atoms with E-state index in [-0.39, 0.29) is 5.69 Å². The maximum atomic E-state index is 13.3. The molecule has 1 heterocycles. The summed E-state index contributed by atoms with van der Waals surface area (Å²) in [7, 11) is 0. The average molecular weight is 402 g/mol. The van der Waals surface area contributed by atoms with Crippen LogP contribution in [-0.4, -0.2) is 18.5 Å². The Labute approximate surface area is 142 Å². The van der Waals surface area contributed by atoms with Crippen LogP contribution in [0, 0.1) is 11.6 Å². The summed E-state index contributed by atoms with van der Waals surface area (Å²) in [6, 6.07) is 6.29. The highest BCUT2D eigenvalue weighted by molar-refractivity contribution is 9.11. The van der Waals surface area contributed by atoms with Crippen LogP contribution in [0.3, 0.4) is 0 Å². The third kappa shape index (κ3) is 5.57. The number of anilines is 1. The van der Waals surface area contributed by atoms with E-state index < -0.39 is 30.1 Å². The molecule has 0 aliphatic carbocycles. The maximum absolute atomic E-state index is 13.3. The first-order chi connectivity index (χ1) is 10.9. The molecule has 8 heteroatoms. The van der Waals surface area contributed by atoms with E-state index in [9.17, 15) is 18.4 Å². The van der Waals surface area contributed by atoms with E-state index >= 15 is 0 Å². The zero-order valence-electron chi connectivity index (χ0n) is 11.5. The zero-order valence-corrected chi connectivity index (χ0v) is 13.9. The van der Waals surface area contributed by atoms with Crippen LogP contribution in [0.5, 0.6) is 0 Å². The third-order valence-corrected chi connectivity index (χ3v) is 4.11. The number of rotatable bonds is 5. The van der Waals surface area contributed by atoms with Gasteiger partial charge in [0.2, 0.25) is 0 Å². The Bertz CT molecular complexity index is 761. The summed E-state index contributed by atoms with van der Waals surface area (Å²) in [6.45, 7) is -0.604. The molecule has 0 spiro atoms. The first kappa shape index (κ1) is 17.3. The second-order valence-electron chi connectivity index (χ2n) is 4.26. The minimum absolute atomic E-state index is 0.315. The van der Waals surface area contributed by atoms with Crippen molar-refractivity contribution in [2.45, 2.75) is 0 Å². The topological polar surface area (TPSA) is 55.4 Å². The Balaban J connectivity index is 1.83. The third-order valence-electron chi connectivity index (χ3n) is 2.53. The zero-order chi connectivity index (χ0) is 16.8. The average Bonchev–Trinajstić information content (AvgIpc) is 2.92. The molecule has 0 atom stereocenters. The largest absolute Gasteiger partial charge is 0.452 e. The highest BCUT2D eigenvalue weighted by Crippen LogP contribution is 2.23. The molecule has 2 aromatic rings. The number of nitrogens with one attached hydrogen (secondary N) is 1. The Hall–Kier alpha value is -2.06. The van der Waals surface area contributed by atoms with Crippen LogP contribution in [0.1, 0.15) is 4.88 Å². The molecule has 4 nitrogen and oxygen atoms in total. The first-order valence-corrected chi connectivity index (χ1v) is 7.90. The molecule has 2 rings (SSSR count). The van der Waals surface area contributed by atoms with Crippen LogP contribution in [0.15, 0.2) is 40.2 Å². The van der Waals surface area contributed by atoms with Crippen LogP contribution in [-0.2, 0) is 14.3 Å². The minimum atomic E-state index is -0.783. The fraction of sp³-hybridized carbons (Fsp3) is 0.0667. The molecule has 0 bridgehead atoms. The Morgan fingerprint density at radius 1 is 1.26 bits per heavy atom. The highest BCUT2D eigenvalue weighted by atomic mass is 79.9. The number of benzene rings is 1. The van der Waals surface area contributed by atoms with Gasteiger partial charge in [0.15, 0.2) is 6.61 Å². The van der Waals surface area contributed by atoms with E-state index in [2.05, 4.69) is 21.2 Å². The summed E-state index contributed by atoms with van der Waals surface area (Å²) < 4.78 is 31.9. The quantitative estimate of drug-likeness (QED) is 0.608. The van der Waals surface area contributed by atoms with E-state index in [0.29, 0.717) is 0 Å².